The zero-order valence-electron chi connectivity index (χ0n) is 14.9. The lowest BCUT2D eigenvalue weighted by molar-refractivity contribution is 0.232. The van der Waals surface area contributed by atoms with Gasteiger partial charge >= 0.3 is 0 Å². The fraction of sp³-hybridized carbons (Fsp3) is 0.722. The molecule has 0 aliphatic carbocycles. The summed E-state index contributed by atoms with van der Waals surface area (Å²) in [6.07, 6.45) is 9.00. The number of hydrogen-bond donors (Lipinski definition) is 2. The van der Waals surface area contributed by atoms with Gasteiger partial charge in [0.15, 0.2) is 5.96 Å². The smallest absolute Gasteiger partial charge is 0.191 e. The highest BCUT2D eigenvalue weighted by molar-refractivity contribution is 14.0. The van der Waals surface area contributed by atoms with Crippen LogP contribution in [0.25, 0.3) is 0 Å². The van der Waals surface area contributed by atoms with Crippen LogP contribution in [0.5, 0.6) is 0 Å². The third kappa shape index (κ3) is 8.92. The Balaban J connectivity index is 0.00000288. The van der Waals surface area contributed by atoms with Crippen molar-refractivity contribution in [2.45, 2.75) is 45.4 Å². The van der Waals surface area contributed by atoms with Crippen molar-refractivity contribution < 1.29 is 4.42 Å². The first-order valence-electron chi connectivity index (χ1n) is 9.15. The minimum Gasteiger partial charge on any atom is -0.469 e. The molecule has 2 heterocycles. The van der Waals surface area contributed by atoms with Crippen molar-refractivity contribution in [2.75, 3.05) is 39.3 Å². The first-order valence-corrected chi connectivity index (χ1v) is 9.15. The number of halogens is 1. The molecule has 0 saturated carbocycles. The molecule has 1 aromatic heterocycles. The van der Waals surface area contributed by atoms with Crippen molar-refractivity contribution in [3.63, 3.8) is 0 Å². The van der Waals surface area contributed by atoms with Gasteiger partial charge in [-0.05, 0) is 44.5 Å². The molecule has 1 saturated heterocycles. The average Bonchev–Trinajstić information content (AvgIpc) is 3.09. The van der Waals surface area contributed by atoms with E-state index in [4.69, 9.17) is 4.42 Å². The van der Waals surface area contributed by atoms with Crippen LogP contribution in [-0.4, -0.2) is 50.1 Å². The summed E-state index contributed by atoms with van der Waals surface area (Å²) in [6, 6.07) is 3.95. The first-order chi connectivity index (χ1) is 11.4. The van der Waals surface area contributed by atoms with Crippen LogP contribution < -0.4 is 10.6 Å². The zero-order valence-corrected chi connectivity index (χ0v) is 17.3. The Hall–Kier alpha value is -0.760. The number of piperidine rings is 1. The lowest BCUT2D eigenvalue weighted by Gasteiger charge is -2.26. The molecule has 2 rings (SSSR count). The third-order valence-corrected chi connectivity index (χ3v) is 4.19. The Kier molecular flexibility index (Phi) is 12.0. The fourth-order valence-corrected chi connectivity index (χ4v) is 2.80. The normalized spacial score (nSPS) is 15.8. The van der Waals surface area contributed by atoms with E-state index in [1.165, 1.54) is 38.8 Å². The molecule has 0 aromatic carbocycles. The Morgan fingerprint density at radius 1 is 1.21 bits per heavy atom. The summed E-state index contributed by atoms with van der Waals surface area (Å²) in [6.45, 7) is 8.48. The Bertz CT molecular complexity index is 430. The number of rotatable bonds is 9. The number of furan rings is 1. The van der Waals surface area contributed by atoms with Crippen molar-refractivity contribution in [2.24, 2.45) is 4.99 Å². The van der Waals surface area contributed by atoms with E-state index in [9.17, 15) is 0 Å². The summed E-state index contributed by atoms with van der Waals surface area (Å²) in [4.78, 5) is 7.20. The van der Waals surface area contributed by atoms with Gasteiger partial charge < -0.3 is 20.0 Å². The minimum atomic E-state index is 0. The van der Waals surface area contributed by atoms with E-state index in [2.05, 4.69) is 27.4 Å². The van der Waals surface area contributed by atoms with Crippen LogP contribution in [0.1, 0.15) is 44.8 Å². The molecule has 1 aliphatic heterocycles. The fourth-order valence-electron chi connectivity index (χ4n) is 2.80. The summed E-state index contributed by atoms with van der Waals surface area (Å²) >= 11 is 0. The predicted molar refractivity (Wildman–Crippen MR) is 111 cm³/mol. The van der Waals surface area contributed by atoms with Crippen molar-refractivity contribution in [3.05, 3.63) is 24.2 Å². The molecule has 0 bridgehead atoms. The second-order valence-electron chi connectivity index (χ2n) is 6.17. The Labute approximate surface area is 163 Å². The van der Waals surface area contributed by atoms with E-state index < -0.39 is 0 Å². The molecular formula is C18H33IN4O. The van der Waals surface area contributed by atoms with Gasteiger partial charge in [-0.15, -0.1) is 24.0 Å². The van der Waals surface area contributed by atoms with Crippen molar-refractivity contribution in [3.8, 4) is 0 Å². The van der Waals surface area contributed by atoms with Crippen LogP contribution in [0.2, 0.25) is 0 Å². The Morgan fingerprint density at radius 2 is 2.00 bits per heavy atom. The van der Waals surface area contributed by atoms with E-state index in [1.54, 1.807) is 6.26 Å². The quantitative estimate of drug-likeness (QED) is 0.264. The van der Waals surface area contributed by atoms with Gasteiger partial charge in [-0.2, -0.15) is 0 Å². The molecule has 0 atom stereocenters. The number of guanidine groups is 1. The second kappa shape index (κ2) is 13.5. The van der Waals surface area contributed by atoms with Gasteiger partial charge in [0.25, 0.3) is 0 Å². The zero-order chi connectivity index (χ0) is 16.2. The SMILES string of the molecule is CCCCN=C(NCCc1ccco1)NCCN1CCCCC1.I. The van der Waals surface area contributed by atoms with Gasteiger partial charge in [-0.3, -0.25) is 4.99 Å². The molecule has 6 heteroatoms. The number of aliphatic imine (C=N–C) groups is 1. The van der Waals surface area contributed by atoms with Gasteiger partial charge in [-0.1, -0.05) is 19.8 Å². The molecule has 24 heavy (non-hydrogen) atoms. The average molecular weight is 448 g/mol. The molecular weight excluding hydrogens is 415 g/mol. The highest BCUT2D eigenvalue weighted by atomic mass is 127. The molecule has 1 aliphatic rings. The molecule has 0 unspecified atom stereocenters. The molecule has 138 valence electrons. The van der Waals surface area contributed by atoms with Crippen LogP contribution in [0.3, 0.4) is 0 Å². The molecule has 1 aromatic rings. The van der Waals surface area contributed by atoms with E-state index in [0.29, 0.717) is 0 Å². The topological polar surface area (TPSA) is 52.8 Å². The van der Waals surface area contributed by atoms with Crippen LogP contribution in [-0.2, 0) is 6.42 Å². The highest BCUT2D eigenvalue weighted by Gasteiger charge is 2.09. The lowest BCUT2D eigenvalue weighted by atomic mass is 10.1. The van der Waals surface area contributed by atoms with E-state index >= 15 is 0 Å². The maximum atomic E-state index is 5.37. The van der Waals surface area contributed by atoms with Crippen LogP contribution in [0.15, 0.2) is 27.8 Å². The first kappa shape index (κ1) is 21.3. The van der Waals surface area contributed by atoms with E-state index in [1.807, 2.05) is 12.1 Å². The van der Waals surface area contributed by atoms with Crippen molar-refractivity contribution in [1.82, 2.24) is 15.5 Å². The van der Waals surface area contributed by atoms with E-state index in [0.717, 1.165) is 50.7 Å². The molecule has 1 fully saturated rings. The predicted octanol–water partition coefficient (Wildman–Crippen LogP) is 3.26. The summed E-state index contributed by atoms with van der Waals surface area (Å²) in [5, 5.41) is 6.89. The lowest BCUT2D eigenvalue weighted by Crippen LogP contribution is -2.43. The van der Waals surface area contributed by atoms with Gasteiger partial charge in [0.2, 0.25) is 0 Å². The standard InChI is InChI=1S/C18H32N4O.HI/c1-2-3-10-19-18(20-11-9-17-8-7-16-23-17)21-12-15-22-13-5-4-6-14-22;/h7-8,16H,2-6,9-15H2,1H3,(H2,19,20,21);1H. The summed E-state index contributed by atoms with van der Waals surface area (Å²) < 4.78 is 5.37. The molecule has 0 spiro atoms. The highest BCUT2D eigenvalue weighted by Crippen LogP contribution is 2.07. The maximum absolute atomic E-state index is 5.37. The number of nitrogens with zero attached hydrogens (tertiary/aromatic N) is 2. The monoisotopic (exact) mass is 448 g/mol. The second-order valence-corrected chi connectivity index (χ2v) is 6.17. The van der Waals surface area contributed by atoms with Crippen molar-refractivity contribution >= 4 is 29.9 Å². The molecule has 2 N–H and O–H groups in total. The van der Waals surface area contributed by atoms with Crippen LogP contribution >= 0.6 is 24.0 Å². The summed E-state index contributed by atoms with van der Waals surface area (Å²) in [7, 11) is 0. The van der Waals surface area contributed by atoms with Crippen molar-refractivity contribution in [1.29, 1.82) is 0 Å². The van der Waals surface area contributed by atoms with Crippen LogP contribution in [0, 0.1) is 0 Å². The Morgan fingerprint density at radius 3 is 2.71 bits per heavy atom. The van der Waals surface area contributed by atoms with Gasteiger partial charge in [-0.25, -0.2) is 0 Å². The maximum Gasteiger partial charge on any atom is 0.191 e. The third-order valence-electron chi connectivity index (χ3n) is 4.19. The largest absolute Gasteiger partial charge is 0.469 e. The number of unbranched alkanes of at least 4 members (excludes halogenated alkanes) is 1. The minimum absolute atomic E-state index is 0. The van der Waals surface area contributed by atoms with Gasteiger partial charge in [0.05, 0.1) is 6.26 Å². The molecule has 5 nitrogen and oxygen atoms in total. The molecule has 0 amide bonds. The van der Waals surface area contributed by atoms with E-state index in [-0.39, 0.29) is 24.0 Å². The van der Waals surface area contributed by atoms with Crippen LogP contribution in [0.4, 0.5) is 0 Å². The van der Waals surface area contributed by atoms with Gasteiger partial charge in [0, 0.05) is 32.6 Å². The molecule has 0 radical (unpaired) electrons. The number of likely N-dealkylation sites (tertiary alicyclic amines) is 1. The number of nitrogens with one attached hydrogen (secondary N) is 2. The number of hydrogen-bond acceptors (Lipinski definition) is 3. The summed E-state index contributed by atoms with van der Waals surface area (Å²) in [5.41, 5.74) is 0. The van der Waals surface area contributed by atoms with Gasteiger partial charge in [0.1, 0.15) is 5.76 Å². The summed E-state index contributed by atoms with van der Waals surface area (Å²) in [5.74, 6) is 1.95.